The van der Waals surface area contributed by atoms with Crippen molar-refractivity contribution in [3.8, 4) is 0 Å². The van der Waals surface area contributed by atoms with E-state index in [1.165, 1.54) is 28.5 Å². The molecule has 4 nitrogen and oxygen atoms in total. The molecule has 0 spiro atoms. The summed E-state index contributed by atoms with van der Waals surface area (Å²) < 4.78 is 5.07. The first kappa shape index (κ1) is 15.7. The molecule has 1 N–H and O–H groups in total. The van der Waals surface area contributed by atoms with Crippen LogP contribution in [0.1, 0.15) is 36.8 Å². The standard InChI is InChI=1S/C15H27N3OS/c1-4-5-13-14(10-16-8-9-19-3)20-15(17-13)18(2)11-12-6-7-12/h12,16H,4-11H2,1-3H3. The van der Waals surface area contributed by atoms with Gasteiger partial charge in [-0.3, -0.25) is 0 Å². The van der Waals surface area contributed by atoms with Gasteiger partial charge in [-0.25, -0.2) is 4.98 Å². The van der Waals surface area contributed by atoms with Crippen LogP contribution in [0.25, 0.3) is 0 Å². The van der Waals surface area contributed by atoms with Crippen LogP contribution in [-0.2, 0) is 17.7 Å². The second kappa shape index (κ2) is 7.96. The number of ether oxygens (including phenoxy) is 1. The van der Waals surface area contributed by atoms with Crippen molar-refractivity contribution >= 4 is 16.5 Å². The molecule has 1 aromatic rings. The van der Waals surface area contributed by atoms with E-state index in [1.807, 2.05) is 11.3 Å². The molecule has 0 amide bonds. The summed E-state index contributed by atoms with van der Waals surface area (Å²) >= 11 is 1.85. The third kappa shape index (κ3) is 4.72. The van der Waals surface area contributed by atoms with Crippen LogP contribution in [0.3, 0.4) is 0 Å². The predicted octanol–water partition coefficient (Wildman–Crippen LogP) is 2.68. The van der Waals surface area contributed by atoms with E-state index in [9.17, 15) is 0 Å². The molecule has 0 aromatic carbocycles. The molecule has 1 heterocycles. The first-order chi connectivity index (χ1) is 9.74. The average Bonchev–Trinajstić information content (AvgIpc) is 3.15. The third-order valence-electron chi connectivity index (χ3n) is 3.58. The fourth-order valence-electron chi connectivity index (χ4n) is 2.25. The van der Waals surface area contributed by atoms with Crippen molar-refractivity contribution in [2.24, 2.45) is 5.92 Å². The molecule has 0 bridgehead atoms. The van der Waals surface area contributed by atoms with Crippen molar-refractivity contribution in [3.63, 3.8) is 0 Å². The summed E-state index contributed by atoms with van der Waals surface area (Å²) in [5.41, 5.74) is 1.28. The minimum absolute atomic E-state index is 0.760. The molecule has 114 valence electrons. The molecule has 0 saturated heterocycles. The van der Waals surface area contributed by atoms with E-state index in [0.29, 0.717) is 0 Å². The number of nitrogens with zero attached hydrogens (tertiary/aromatic N) is 2. The number of aryl methyl sites for hydroxylation is 1. The van der Waals surface area contributed by atoms with E-state index in [-0.39, 0.29) is 0 Å². The molecule has 1 aromatic heterocycles. The predicted molar refractivity (Wildman–Crippen MR) is 85.7 cm³/mol. The van der Waals surface area contributed by atoms with Crippen LogP contribution < -0.4 is 10.2 Å². The maximum Gasteiger partial charge on any atom is 0.185 e. The molecule has 1 saturated carbocycles. The van der Waals surface area contributed by atoms with Crippen LogP contribution >= 0.6 is 11.3 Å². The van der Waals surface area contributed by atoms with Crippen molar-refractivity contribution in [2.45, 2.75) is 39.2 Å². The van der Waals surface area contributed by atoms with Crippen molar-refractivity contribution < 1.29 is 4.74 Å². The average molecular weight is 297 g/mol. The minimum Gasteiger partial charge on any atom is -0.383 e. The Morgan fingerprint density at radius 2 is 2.25 bits per heavy atom. The molecule has 1 aliphatic rings. The van der Waals surface area contributed by atoms with Crippen molar-refractivity contribution in [1.82, 2.24) is 10.3 Å². The molecule has 1 fully saturated rings. The van der Waals surface area contributed by atoms with Gasteiger partial charge in [0, 0.05) is 38.7 Å². The fourth-order valence-corrected chi connectivity index (χ4v) is 3.29. The molecule has 0 radical (unpaired) electrons. The van der Waals surface area contributed by atoms with Crippen LogP contribution in [-0.4, -0.2) is 38.8 Å². The van der Waals surface area contributed by atoms with E-state index in [2.05, 4.69) is 24.2 Å². The lowest BCUT2D eigenvalue weighted by Gasteiger charge is -2.14. The molecule has 2 rings (SSSR count). The number of rotatable bonds is 10. The zero-order chi connectivity index (χ0) is 14.4. The van der Waals surface area contributed by atoms with E-state index >= 15 is 0 Å². The number of thiazole rings is 1. The summed E-state index contributed by atoms with van der Waals surface area (Å²) in [7, 11) is 3.91. The highest BCUT2D eigenvalue weighted by Gasteiger charge is 2.24. The van der Waals surface area contributed by atoms with E-state index in [0.717, 1.165) is 45.0 Å². The topological polar surface area (TPSA) is 37.4 Å². The summed E-state index contributed by atoms with van der Waals surface area (Å²) in [5, 5.41) is 4.62. The lowest BCUT2D eigenvalue weighted by Crippen LogP contribution is -2.19. The molecular weight excluding hydrogens is 270 g/mol. The Morgan fingerprint density at radius 3 is 2.90 bits per heavy atom. The maximum absolute atomic E-state index is 5.07. The first-order valence-electron chi connectivity index (χ1n) is 7.64. The summed E-state index contributed by atoms with van der Waals surface area (Å²) in [6.45, 7) is 5.95. The molecule has 0 unspecified atom stereocenters. The summed E-state index contributed by atoms with van der Waals surface area (Å²) in [6, 6.07) is 0. The Labute approximate surface area is 126 Å². The van der Waals surface area contributed by atoms with Crippen LogP contribution in [0.4, 0.5) is 5.13 Å². The highest BCUT2D eigenvalue weighted by molar-refractivity contribution is 7.15. The minimum atomic E-state index is 0.760. The van der Waals surface area contributed by atoms with Gasteiger partial charge in [-0.1, -0.05) is 13.3 Å². The SMILES string of the molecule is CCCc1nc(N(C)CC2CC2)sc1CNCCOC. The Balaban J connectivity index is 1.94. The Hall–Kier alpha value is -0.650. The summed E-state index contributed by atoms with van der Waals surface area (Å²) in [5.74, 6) is 0.904. The molecule has 0 atom stereocenters. The van der Waals surface area contributed by atoms with Crippen LogP contribution in [0.5, 0.6) is 0 Å². The largest absolute Gasteiger partial charge is 0.383 e. The quantitative estimate of drug-likeness (QED) is 0.674. The van der Waals surface area contributed by atoms with Gasteiger partial charge in [0.25, 0.3) is 0 Å². The van der Waals surface area contributed by atoms with Crippen LogP contribution in [0.15, 0.2) is 0 Å². The van der Waals surface area contributed by atoms with Gasteiger partial charge in [-0.2, -0.15) is 0 Å². The Bertz CT molecular complexity index is 404. The highest BCUT2D eigenvalue weighted by Crippen LogP contribution is 2.33. The Morgan fingerprint density at radius 1 is 1.45 bits per heavy atom. The molecular formula is C15H27N3OS. The van der Waals surface area contributed by atoms with Crippen molar-refractivity contribution in [2.75, 3.05) is 38.8 Å². The van der Waals surface area contributed by atoms with Gasteiger partial charge in [-0.05, 0) is 25.2 Å². The number of hydrogen-bond donors (Lipinski definition) is 1. The van der Waals surface area contributed by atoms with Gasteiger partial charge < -0.3 is 15.0 Å². The van der Waals surface area contributed by atoms with Crippen LogP contribution in [0, 0.1) is 5.92 Å². The maximum atomic E-state index is 5.07. The lowest BCUT2D eigenvalue weighted by atomic mass is 10.2. The van der Waals surface area contributed by atoms with E-state index in [4.69, 9.17) is 9.72 Å². The second-order valence-electron chi connectivity index (χ2n) is 5.61. The normalized spacial score (nSPS) is 14.8. The molecule has 1 aliphatic carbocycles. The van der Waals surface area contributed by atoms with E-state index < -0.39 is 0 Å². The van der Waals surface area contributed by atoms with Gasteiger partial charge in [-0.15, -0.1) is 11.3 Å². The van der Waals surface area contributed by atoms with Gasteiger partial charge >= 0.3 is 0 Å². The van der Waals surface area contributed by atoms with Gasteiger partial charge in [0.15, 0.2) is 5.13 Å². The number of hydrogen-bond acceptors (Lipinski definition) is 5. The van der Waals surface area contributed by atoms with Gasteiger partial charge in [0.1, 0.15) is 0 Å². The van der Waals surface area contributed by atoms with Crippen LogP contribution in [0.2, 0.25) is 0 Å². The third-order valence-corrected chi connectivity index (χ3v) is 4.79. The molecule has 20 heavy (non-hydrogen) atoms. The lowest BCUT2D eigenvalue weighted by molar-refractivity contribution is 0.199. The summed E-state index contributed by atoms with van der Waals surface area (Å²) in [6.07, 6.45) is 5.02. The van der Waals surface area contributed by atoms with Crippen molar-refractivity contribution in [3.05, 3.63) is 10.6 Å². The van der Waals surface area contributed by atoms with Gasteiger partial charge in [0.2, 0.25) is 0 Å². The fraction of sp³-hybridized carbons (Fsp3) is 0.800. The smallest absolute Gasteiger partial charge is 0.185 e. The number of methoxy groups -OCH3 is 1. The zero-order valence-corrected chi connectivity index (χ0v) is 13.8. The number of aromatic nitrogens is 1. The first-order valence-corrected chi connectivity index (χ1v) is 8.45. The number of nitrogens with one attached hydrogen (secondary N) is 1. The van der Waals surface area contributed by atoms with E-state index in [1.54, 1.807) is 7.11 Å². The monoisotopic (exact) mass is 297 g/mol. The molecule has 5 heteroatoms. The van der Waals surface area contributed by atoms with Gasteiger partial charge in [0.05, 0.1) is 12.3 Å². The molecule has 0 aliphatic heterocycles. The number of anilines is 1. The highest BCUT2D eigenvalue weighted by atomic mass is 32.1. The zero-order valence-electron chi connectivity index (χ0n) is 12.9. The summed E-state index contributed by atoms with van der Waals surface area (Å²) in [4.78, 5) is 8.58. The Kier molecular flexibility index (Phi) is 6.26. The second-order valence-corrected chi connectivity index (χ2v) is 6.67. The van der Waals surface area contributed by atoms with Crippen molar-refractivity contribution in [1.29, 1.82) is 0 Å².